The van der Waals surface area contributed by atoms with Gasteiger partial charge in [0.15, 0.2) is 0 Å². The molecule has 1 aliphatic carbocycles. The van der Waals surface area contributed by atoms with Gasteiger partial charge in [-0.25, -0.2) is 4.39 Å². The van der Waals surface area contributed by atoms with Crippen LogP contribution < -0.4 is 20.7 Å². The minimum absolute atomic E-state index is 0.0345. The number of allylic oxidation sites excluding steroid dienone is 2. The summed E-state index contributed by atoms with van der Waals surface area (Å²) in [5.41, 5.74) is 2.19. The number of benzene rings is 2. The number of nitrogens with one attached hydrogen (secondary N) is 3. The summed E-state index contributed by atoms with van der Waals surface area (Å²) < 4.78 is 20.1. The second kappa shape index (κ2) is 14.9. The predicted molar refractivity (Wildman–Crippen MR) is 150 cm³/mol. The standard InChI is InChI=1S/C29H32FN3O4.C2H6/c1-2-25-29(36)33-26(28(35)31-18-21-7-3-4-9-24(21)30)17-20-10-13-22(14-11-20)37-23-8-5-6-19(16-23)12-15-27(34)32-25;1-2/h3,5-8,10-11,13-14,16,25-26H,2,4,9,12,15,17-18H2,1H3,(H,31,35)(H,32,34)(H,33,36);1-2H3. The Hall–Kier alpha value is -3.94. The predicted octanol–water partition coefficient (Wildman–Crippen LogP) is 5.06. The van der Waals surface area contributed by atoms with E-state index in [1.807, 2.05) is 68.5 Å². The van der Waals surface area contributed by atoms with Crippen LogP contribution in [0, 0.1) is 0 Å². The fourth-order valence-corrected chi connectivity index (χ4v) is 4.34. The van der Waals surface area contributed by atoms with Crippen molar-refractivity contribution in [2.24, 2.45) is 0 Å². The Morgan fingerprint density at radius 1 is 1.00 bits per heavy atom. The summed E-state index contributed by atoms with van der Waals surface area (Å²) in [5, 5.41) is 8.34. The number of amides is 3. The highest BCUT2D eigenvalue weighted by atomic mass is 19.1. The van der Waals surface area contributed by atoms with Crippen molar-refractivity contribution in [3.05, 3.63) is 83.2 Å². The zero-order valence-electron chi connectivity index (χ0n) is 22.9. The molecule has 5 rings (SSSR count). The Morgan fingerprint density at radius 3 is 2.49 bits per heavy atom. The summed E-state index contributed by atoms with van der Waals surface area (Å²) in [6, 6.07) is 13.2. The van der Waals surface area contributed by atoms with Gasteiger partial charge >= 0.3 is 0 Å². The van der Waals surface area contributed by atoms with Crippen LogP contribution in [0.4, 0.5) is 4.39 Å². The van der Waals surface area contributed by atoms with Gasteiger partial charge in [0.25, 0.3) is 0 Å². The number of halogens is 1. The Morgan fingerprint density at radius 2 is 1.77 bits per heavy atom. The molecule has 2 aromatic carbocycles. The normalized spacial score (nSPS) is 19.6. The van der Waals surface area contributed by atoms with Crippen molar-refractivity contribution in [1.82, 2.24) is 16.0 Å². The summed E-state index contributed by atoms with van der Waals surface area (Å²) in [7, 11) is 0. The van der Waals surface area contributed by atoms with Gasteiger partial charge in [-0.15, -0.1) is 0 Å². The number of ether oxygens (including phenoxy) is 1. The van der Waals surface area contributed by atoms with Crippen molar-refractivity contribution in [1.29, 1.82) is 0 Å². The van der Waals surface area contributed by atoms with Gasteiger partial charge in [-0.2, -0.15) is 0 Å². The summed E-state index contributed by atoms with van der Waals surface area (Å²) in [6.45, 7) is 5.83. The van der Waals surface area contributed by atoms with Gasteiger partial charge < -0.3 is 20.7 Å². The Balaban J connectivity index is 0.00000205. The lowest BCUT2D eigenvalue weighted by atomic mass is 10.0. The highest BCUT2D eigenvalue weighted by Crippen LogP contribution is 2.24. The van der Waals surface area contributed by atoms with Gasteiger partial charge in [0, 0.05) is 31.4 Å². The minimum atomic E-state index is -0.910. The molecule has 0 fully saturated rings. The first-order valence-electron chi connectivity index (χ1n) is 13.7. The van der Waals surface area contributed by atoms with E-state index in [0.29, 0.717) is 42.8 Å². The van der Waals surface area contributed by atoms with E-state index in [2.05, 4.69) is 16.0 Å². The zero-order valence-corrected chi connectivity index (χ0v) is 22.9. The number of rotatable bonds is 4. The summed E-state index contributed by atoms with van der Waals surface area (Å²) in [4.78, 5) is 38.8. The van der Waals surface area contributed by atoms with Crippen molar-refractivity contribution in [3.8, 4) is 11.5 Å². The van der Waals surface area contributed by atoms with E-state index in [4.69, 9.17) is 4.74 Å². The van der Waals surface area contributed by atoms with Crippen LogP contribution in [0.1, 0.15) is 57.6 Å². The highest BCUT2D eigenvalue weighted by Gasteiger charge is 2.26. The zero-order chi connectivity index (χ0) is 28.2. The third-order valence-corrected chi connectivity index (χ3v) is 6.48. The molecule has 0 saturated heterocycles. The molecule has 2 aromatic rings. The lowest BCUT2D eigenvalue weighted by Gasteiger charge is -2.23. The Labute approximate surface area is 229 Å². The number of fused-ring (bicyclic) bond motifs is 10. The van der Waals surface area contributed by atoms with E-state index in [9.17, 15) is 18.8 Å². The maximum atomic E-state index is 14.1. The molecular formula is C31H38FN3O4. The third-order valence-electron chi connectivity index (χ3n) is 6.48. The van der Waals surface area contributed by atoms with E-state index >= 15 is 0 Å². The molecule has 2 unspecified atom stereocenters. The first kappa shape index (κ1) is 29.6. The molecule has 4 bridgehead atoms. The molecule has 2 aliphatic heterocycles. The van der Waals surface area contributed by atoms with E-state index in [0.717, 1.165) is 11.1 Å². The van der Waals surface area contributed by atoms with Gasteiger partial charge in [0.2, 0.25) is 17.7 Å². The second-order valence-corrected chi connectivity index (χ2v) is 9.28. The monoisotopic (exact) mass is 535 g/mol. The van der Waals surface area contributed by atoms with Gasteiger partial charge in [-0.3, -0.25) is 14.4 Å². The molecule has 39 heavy (non-hydrogen) atoms. The summed E-state index contributed by atoms with van der Waals surface area (Å²) in [5.74, 6) is -0.0692. The van der Waals surface area contributed by atoms with Crippen LogP contribution in [0.25, 0.3) is 0 Å². The molecule has 2 atom stereocenters. The molecule has 0 saturated carbocycles. The molecule has 208 valence electrons. The average Bonchev–Trinajstić information content (AvgIpc) is 2.95. The van der Waals surface area contributed by atoms with Crippen molar-refractivity contribution in [2.45, 2.75) is 71.4 Å². The molecule has 0 aromatic heterocycles. The molecule has 3 aliphatic rings. The number of hydrogen-bond donors (Lipinski definition) is 3. The molecular weight excluding hydrogens is 497 g/mol. The summed E-state index contributed by atoms with van der Waals surface area (Å²) in [6.07, 6.45) is 5.79. The fraction of sp³-hybridized carbons (Fsp3) is 0.387. The van der Waals surface area contributed by atoms with E-state index in [1.165, 1.54) is 0 Å². The minimum Gasteiger partial charge on any atom is -0.457 e. The van der Waals surface area contributed by atoms with Crippen LogP contribution in [0.15, 0.2) is 72.1 Å². The maximum Gasteiger partial charge on any atom is 0.243 e. The molecule has 8 heteroatoms. The molecule has 7 nitrogen and oxygen atoms in total. The maximum absolute atomic E-state index is 14.1. The van der Waals surface area contributed by atoms with Crippen LogP contribution in [-0.4, -0.2) is 36.3 Å². The third kappa shape index (κ3) is 8.80. The number of carbonyl (C=O) groups is 3. The van der Waals surface area contributed by atoms with Crippen LogP contribution in [-0.2, 0) is 27.2 Å². The first-order valence-corrected chi connectivity index (χ1v) is 13.7. The van der Waals surface area contributed by atoms with Crippen LogP contribution in [0.2, 0.25) is 0 Å². The first-order chi connectivity index (χ1) is 18.9. The number of hydrogen-bond acceptors (Lipinski definition) is 4. The summed E-state index contributed by atoms with van der Waals surface area (Å²) >= 11 is 0. The molecule has 2 heterocycles. The molecule has 0 radical (unpaired) electrons. The van der Waals surface area contributed by atoms with Gasteiger partial charge in [-0.1, -0.05) is 57.2 Å². The van der Waals surface area contributed by atoms with Gasteiger partial charge in [0.05, 0.1) is 0 Å². The van der Waals surface area contributed by atoms with Crippen molar-refractivity contribution in [2.75, 3.05) is 6.54 Å². The number of carbonyl (C=O) groups excluding carboxylic acids is 3. The smallest absolute Gasteiger partial charge is 0.243 e. The van der Waals surface area contributed by atoms with Gasteiger partial charge in [0.1, 0.15) is 29.4 Å². The van der Waals surface area contributed by atoms with Crippen LogP contribution >= 0.6 is 0 Å². The van der Waals surface area contributed by atoms with E-state index in [-0.39, 0.29) is 31.1 Å². The lowest BCUT2D eigenvalue weighted by Crippen LogP contribution is -2.54. The van der Waals surface area contributed by atoms with Crippen molar-refractivity contribution >= 4 is 17.7 Å². The molecule has 3 amide bonds. The van der Waals surface area contributed by atoms with Gasteiger partial charge in [-0.05, 0) is 54.7 Å². The van der Waals surface area contributed by atoms with E-state index in [1.54, 1.807) is 13.0 Å². The van der Waals surface area contributed by atoms with Crippen molar-refractivity contribution in [3.63, 3.8) is 0 Å². The van der Waals surface area contributed by atoms with E-state index < -0.39 is 23.9 Å². The van der Waals surface area contributed by atoms with Crippen LogP contribution in [0.3, 0.4) is 0 Å². The number of aryl methyl sites for hydroxylation is 1. The second-order valence-electron chi connectivity index (χ2n) is 9.28. The highest BCUT2D eigenvalue weighted by molar-refractivity contribution is 5.92. The largest absolute Gasteiger partial charge is 0.457 e. The SMILES string of the molecule is CC.CCC1NC(=O)CCc2cccc(c2)Oc2ccc(cc2)CC(C(=O)NCC2=C(F)CCC=C2)NC1=O. The Kier molecular flexibility index (Phi) is 11.3. The molecule has 0 spiro atoms. The molecule has 3 N–H and O–H groups in total. The quantitative estimate of drug-likeness (QED) is 0.510. The lowest BCUT2D eigenvalue weighted by molar-refractivity contribution is -0.132. The van der Waals surface area contributed by atoms with Crippen LogP contribution in [0.5, 0.6) is 11.5 Å². The van der Waals surface area contributed by atoms with Crippen molar-refractivity contribution < 1.29 is 23.5 Å². The Bertz CT molecular complexity index is 1210. The topological polar surface area (TPSA) is 96.5 Å². The average molecular weight is 536 g/mol. The fourth-order valence-electron chi connectivity index (χ4n) is 4.34.